The van der Waals surface area contributed by atoms with Gasteiger partial charge in [0.2, 0.25) is 0 Å². The van der Waals surface area contributed by atoms with Crippen LogP contribution in [0.25, 0.3) is 0 Å². The van der Waals surface area contributed by atoms with E-state index in [4.69, 9.17) is 9.16 Å². The van der Waals surface area contributed by atoms with Crippen LogP contribution in [0.3, 0.4) is 0 Å². The quantitative estimate of drug-likeness (QED) is 0.565. The van der Waals surface area contributed by atoms with Crippen LogP contribution in [0, 0.1) is 0 Å². The highest BCUT2D eigenvalue weighted by atomic mass is 32.2. The van der Waals surface area contributed by atoms with E-state index in [2.05, 4.69) is 39.5 Å². The minimum absolute atomic E-state index is 0.0619. The van der Waals surface area contributed by atoms with Crippen molar-refractivity contribution in [1.82, 2.24) is 0 Å². The number of carbonyl (C=O) groups excluding carboxylic acids is 1. The van der Waals surface area contributed by atoms with Crippen LogP contribution in [0.2, 0.25) is 18.6 Å². The predicted molar refractivity (Wildman–Crippen MR) is 108 cm³/mol. The van der Waals surface area contributed by atoms with Gasteiger partial charge in [-0.15, -0.1) is 0 Å². The first-order valence-corrected chi connectivity index (χ1v) is 12.9. The highest BCUT2D eigenvalue weighted by Gasteiger charge is 2.40. The van der Waals surface area contributed by atoms with E-state index < -0.39 is 8.32 Å². The van der Waals surface area contributed by atoms with Gasteiger partial charge in [0.25, 0.3) is 0 Å². The van der Waals surface area contributed by atoms with E-state index in [-0.39, 0.29) is 22.1 Å². The van der Waals surface area contributed by atoms with Gasteiger partial charge in [0.05, 0.1) is 18.8 Å². The Labute approximate surface area is 158 Å². The summed E-state index contributed by atoms with van der Waals surface area (Å²) in [6, 6.07) is 12.6. The van der Waals surface area contributed by atoms with Crippen molar-refractivity contribution in [3.8, 4) is 0 Å². The van der Waals surface area contributed by atoms with Crippen molar-refractivity contribution in [3.05, 3.63) is 35.9 Å². The molecule has 0 N–H and O–H groups in total. The number of carbonyl (C=O) groups is 1. The molecule has 1 saturated heterocycles. The van der Waals surface area contributed by atoms with Gasteiger partial charge in [-0.1, -0.05) is 69.3 Å². The Morgan fingerprint density at radius 3 is 2.40 bits per heavy atom. The van der Waals surface area contributed by atoms with Gasteiger partial charge in [0.1, 0.15) is 0 Å². The molecule has 1 aliphatic heterocycles. The molecule has 140 valence electrons. The minimum Gasteiger partial charge on any atom is -0.411 e. The van der Waals surface area contributed by atoms with Crippen LogP contribution in [0.15, 0.2) is 30.3 Å². The predicted octanol–water partition coefficient (Wildman–Crippen LogP) is 5.40. The molecule has 0 unspecified atom stereocenters. The largest absolute Gasteiger partial charge is 0.411 e. The average molecular weight is 381 g/mol. The van der Waals surface area contributed by atoms with Gasteiger partial charge in [-0.05, 0) is 31.1 Å². The van der Waals surface area contributed by atoms with Crippen LogP contribution in [0.4, 0.5) is 0 Å². The average Bonchev–Trinajstić information content (AvgIpc) is 2.49. The lowest BCUT2D eigenvalue weighted by atomic mass is 10.1. The molecule has 1 fully saturated rings. The Bertz CT molecular complexity index is 552. The molecular formula is C20H32O3SSi. The lowest BCUT2D eigenvalue weighted by molar-refractivity contribution is -0.115. The molecule has 0 spiro atoms. The topological polar surface area (TPSA) is 35.5 Å². The van der Waals surface area contributed by atoms with E-state index in [1.165, 1.54) is 30.3 Å². The summed E-state index contributed by atoms with van der Waals surface area (Å²) in [5.41, 5.74) is 1.15. The summed E-state index contributed by atoms with van der Waals surface area (Å²) in [6.07, 6.45) is 1.47. The first-order chi connectivity index (χ1) is 11.7. The molecular weight excluding hydrogens is 348 g/mol. The van der Waals surface area contributed by atoms with E-state index in [1.54, 1.807) is 0 Å². The maximum Gasteiger partial charge on any atom is 0.192 e. The van der Waals surface area contributed by atoms with Crippen molar-refractivity contribution in [2.24, 2.45) is 0 Å². The molecule has 0 aromatic heterocycles. The van der Waals surface area contributed by atoms with Gasteiger partial charge < -0.3 is 9.16 Å². The normalized spacial score (nSPS) is 19.1. The molecule has 0 aliphatic carbocycles. The number of benzene rings is 1. The fourth-order valence-corrected chi connectivity index (χ4v) is 6.44. The van der Waals surface area contributed by atoms with E-state index in [1.807, 2.05) is 25.1 Å². The molecule has 2 rings (SSSR count). The van der Waals surface area contributed by atoms with Gasteiger partial charge in [-0.25, -0.2) is 0 Å². The fraction of sp³-hybridized carbons (Fsp3) is 0.650. The number of thioether (sulfide) groups is 1. The monoisotopic (exact) mass is 380 g/mol. The summed E-state index contributed by atoms with van der Waals surface area (Å²) in [4.78, 5) is 12.5. The first-order valence-electron chi connectivity index (χ1n) is 9.22. The second-order valence-electron chi connectivity index (χ2n) is 8.25. The van der Waals surface area contributed by atoms with Gasteiger partial charge >= 0.3 is 0 Å². The molecule has 1 aliphatic rings. The van der Waals surface area contributed by atoms with Crippen molar-refractivity contribution in [1.29, 1.82) is 0 Å². The van der Waals surface area contributed by atoms with Gasteiger partial charge in [-0.3, -0.25) is 4.79 Å². The smallest absolute Gasteiger partial charge is 0.192 e. The Morgan fingerprint density at radius 2 is 1.88 bits per heavy atom. The zero-order valence-electron chi connectivity index (χ0n) is 16.2. The Morgan fingerprint density at radius 1 is 1.24 bits per heavy atom. The molecule has 0 saturated carbocycles. The number of rotatable bonds is 8. The molecule has 5 heteroatoms. The fourth-order valence-electron chi connectivity index (χ4n) is 2.92. The molecule has 0 radical (unpaired) electrons. The Kier molecular flexibility index (Phi) is 7.32. The van der Waals surface area contributed by atoms with Crippen LogP contribution < -0.4 is 0 Å². The maximum absolute atomic E-state index is 12.5. The molecule has 3 nitrogen and oxygen atoms in total. The van der Waals surface area contributed by atoms with Gasteiger partial charge in [0, 0.05) is 11.2 Å². The van der Waals surface area contributed by atoms with Crippen LogP contribution >= 0.6 is 11.8 Å². The van der Waals surface area contributed by atoms with Crippen LogP contribution in [0.5, 0.6) is 0 Å². The lowest BCUT2D eigenvalue weighted by Crippen LogP contribution is -2.48. The molecule has 1 aromatic rings. The molecule has 1 heterocycles. The third kappa shape index (κ3) is 7.25. The zero-order valence-corrected chi connectivity index (χ0v) is 18.0. The summed E-state index contributed by atoms with van der Waals surface area (Å²) in [5.74, 6) is 0. The first kappa shape index (κ1) is 20.7. The van der Waals surface area contributed by atoms with Gasteiger partial charge in [0.15, 0.2) is 13.4 Å². The molecule has 2 atom stereocenters. The summed E-state index contributed by atoms with van der Waals surface area (Å²) in [7, 11) is -1.60. The van der Waals surface area contributed by atoms with Crippen LogP contribution in [0.1, 0.15) is 46.1 Å². The van der Waals surface area contributed by atoms with Crippen molar-refractivity contribution >= 4 is 25.2 Å². The highest BCUT2D eigenvalue weighted by Crippen LogP contribution is 2.36. The standard InChI is InChI=1S/C20H32O3SSi/c1-16(22-15-17-10-7-6-8-11-17)18(23-25(5)12-9-13-25)14-19(21)24-20(2,3)4/h6-8,10-11,16,18H,9,12-15H2,1-5H3/t16-,18-/m0/s1. The Balaban J connectivity index is 1.95. The highest BCUT2D eigenvalue weighted by molar-refractivity contribution is 8.14. The van der Waals surface area contributed by atoms with E-state index in [0.717, 1.165) is 5.56 Å². The number of hydrogen-bond donors (Lipinski definition) is 0. The third-order valence-corrected chi connectivity index (χ3v) is 9.22. The Hall–Kier alpha value is -0.623. The summed E-state index contributed by atoms with van der Waals surface area (Å²) >= 11 is 1.41. The second kappa shape index (κ2) is 8.85. The zero-order chi connectivity index (χ0) is 18.5. The maximum atomic E-state index is 12.5. The molecule has 25 heavy (non-hydrogen) atoms. The van der Waals surface area contributed by atoms with Crippen molar-refractivity contribution in [2.75, 3.05) is 0 Å². The van der Waals surface area contributed by atoms with Crippen molar-refractivity contribution < 1.29 is 14.0 Å². The van der Waals surface area contributed by atoms with E-state index in [9.17, 15) is 4.79 Å². The van der Waals surface area contributed by atoms with Gasteiger partial charge in [-0.2, -0.15) is 0 Å². The summed E-state index contributed by atoms with van der Waals surface area (Å²) < 4.78 is 12.5. The summed E-state index contributed by atoms with van der Waals surface area (Å²) in [6.45, 7) is 11.1. The molecule has 0 amide bonds. The lowest BCUT2D eigenvalue weighted by Gasteiger charge is -2.40. The number of ether oxygens (including phenoxy) is 1. The third-order valence-electron chi connectivity index (χ3n) is 4.51. The van der Waals surface area contributed by atoms with Crippen molar-refractivity contribution in [3.63, 3.8) is 0 Å². The van der Waals surface area contributed by atoms with Crippen molar-refractivity contribution in [2.45, 2.75) is 82.7 Å². The van der Waals surface area contributed by atoms with Crippen LogP contribution in [-0.2, 0) is 20.6 Å². The minimum atomic E-state index is -1.60. The second-order valence-corrected chi connectivity index (χ2v) is 14.3. The molecule has 0 bridgehead atoms. The SMILES string of the molecule is C[C@H](OCc1ccccc1)[C@H](CC(=O)SC(C)(C)C)O[Si]1(C)CCC1. The molecule has 1 aromatic carbocycles. The summed E-state index contributed by atoms with van der Waals surface area (Å²) in [5, 5.41) is 0.199. The van der Waals surface area contributed by atoms with E-state index in [0.29, 0.717) is 13.0 Å². The number of hydrogen-bond acceptors (Lipinski definition) is 4. The van der Waals surface area contributed by atoms with Crippen LogP contribution in [-0.4, -0.2) is 30.4 Å². The van der Waals surface area contributed by atoms with E-state index >= 15 is 0 Å².